The lowest BCUT2D eigenvalue weighted by atomic mass is 10.2. The molecule has 2 heterocycles. The molecule has 0 spiro atoms. The Kier molecular flexibility index (Phi) is 4.66. The van der Waals surface area contributed by atoms with E-state index in [9.17, 15) is 0 Å². The van der Waals surface area contributed by atoms with E-state index >= 15 is 0 Å². The van der Waals surface area contributed by atoms with Gasteiger partial charge in [0.1, 0.15) is 0 Å². The molecule has 0 saturated carbocycles. The SMILES string of the molecule is C=CCOC1CCN(c2nc(-c3cc(Cl)cc(Cl)c3)no2)C1. The first kappa shape index (κ1) is 15.3. The molecule has 1 atom stereocenters. The highest BCUT2D eigenvalue weighted by Gasteiger charge is 2.27. The molecule has 0 bridgehead atoms. The van der Waals surface area contributed by atoms with Gasteiger partial charge in [-0.1, -0.05) is 34.4 Å². The van der Waals surface area contributed by atoms with Crippen molar-refractivity contribution in [3.63, 3.8) is 0 Å². The Morgan fingerprint density at radius 2 is 2.14 bits per heavy atom. The number of hydrogen-bond acceptors (Lipinski definition) is 5. The molecule has 1 unspecified atom stereocenters. The summed E-state index contributed by atoms with van der Waals surface area (Å²) < 4.78 is 11.0. The van der Waals surface area contributed by atoms with Crippen LogP contribution in [0.15, 0.2) is 35.4 Å². The Balaban J connectivity index is 1.73. The summed E-state index contributed by atoms with van der Waals surface area (Å²) in [6.45, 7) is 5.75. The van der Waals surface area contributed by atoms with Crippen molar-refractivity contribution in [3.8, 4) is 11.4 Å². The third-order valence-electron chi connectivity index (χ3n) is 3.40. The summed E-state index contributed by atoms with van der Waals surface area (Å²) in [5.41, 5.74) is 0.728. The van der Waals surface area contributed by atoms with Crippen molar-refractivity contribution < 1.29 is 9.26 Å². The monoisotopic (exact) mass is 339 g/mol. The summed E-state index contributed by atoms with van der Waals surface area (Å²) in [7, 11) is 0. The van der Waals surface area contributed by atoms with Gasteiger partial charge in [-0.25, -0.2) is 0 Å². The smallest absolute Gasteiger partial charge is 0.324 e. The lowest BCUT2D eigenvalue weighted by Crippen LogP contribution is -2.23. The number of benzene rings is 1. The fraction of sp³-hybridized carbons (Fsp3) is 0.333. The van der Waals surface area contributed by atoms with Crippen LogP contribution in [0.5, 0.6) is 0 Å². The van der Waals surface area contributed by atoms with Crippen LogP contribution in [0.25, 0.3) is 11.4 Å². The fourth-order valence-electron chi connectivity index (χ4n) is 2.39. The number of rotatable bonds is 5. The Morgan fingerprint density at radius 1 is 1.36 bits per heavy atom. The van der Waals surface area contributed by atoms with Crippen molar-refractivity contribution in [2.24, 2.45) is 0 Å². The first-order chi connectivity index (χ1) is 10.7. The third-order valence-corrected chi connectivity index (χ3v) is 3.84. The van der Waals surface area contributed by atoms with Crippen LogP contribution in [0.1, 0.15) is 6.42 Å². The molecule has 1 aliphatic rings. The van der Waals surface area contributed by atoms with Gasteiger partial charge < -0.3 is 14.2 Å². The quantitative estimate of drug-likeness (QED) is 0.775. The highest BCUT2D eigenvalue weighted by molar-refractivity contribution is 6.35. The molecule has 1 fully saturated rings. The van der Waals surface area contributed by atoms with Gasteiger partial charge in [0.15, 0.2) is 0 Å². The molecule has 5 nitrogen and oxygen atoms in total. The number of ether oxygens (including phenoxy) is 1. The Hall–Kier alpha value is -1.56. The van der Waals surface area contributed by atoms with Crippen LogP contribution >= 0.6 is 23.2 Å². The molecule has 2 aromatic rings. The van der Waals surface area contributed by atoms with E-state index in [0.717, 1.165) is 25.1 Å². The van der Waals surface area contributed by atoms with Gasteiger partial charge in [-0.2, -0.15) is 4.98 Å². The normalized spacial score (nSPS) is 17.9. The van der Waals surface area contributed by atoms with Gasteiger partial charge in [0.2, 0.25) is 5.82 Å². The Labute approximate surface area is 138 Å². The van der Waals surface area contributed by atoms with E-state index in [1.165, 1.54) is 0 Å². The number of hydrogen-bond donors (Lipinski definition) is 0. The van der Waals surface area contributed by atoms with Crippen molar-refractivity contribution in [3.05, 3.63) is 40.9 Å². The van der Waals surface area contributed by atoms with Gasteiger partial charge in [-0.15, -0.1) is 6.58 Å². The maximum atomic E-state index is 6.00. The van der Waals surface area contributed by atoms with Crippen LogP contribution in [-0.2, 0) is 4.74 Å². The molecule has 0 amide bonds. The van der Waals surface area contributed by atoms with Crippen molar-refractivity contribution in [1.29, 1.82) is 0 Å². The summed E-state index contributed by atoms with van der Waals surface area (Å²) >= 11 is 12.0. The Bertz CT molecular complexity index is 654. The van der Waals surface area contributed by atoms with E-state index in [0.29, 0.717) is 28.5 Å². The van der Waals surface area contributed by atoms with E-state index < -0.39 is 0 Å². The summed E-state index contributed by atoms with van der Waals surface area (Å²) in [6.07, 6.45) is 2.83. The van der Waals surface area contributed by atoms with Gasteiger partial charge in [0.05, 0.1) is 12.7 Å². The lowest BCUT2D eigenvalue weighted by molar-refractivity contribution is 0.0906. The molecule has 1 aromatic heterocycles. The molecule has 7 heteroatoms. The molecule has 0 N–H and O–H groups in total. The van der Waals surface area contributed by atoms with Crippen molar-refractivity contribution in [1.82, 2.24) is 10.1 Å². The molecule has 0 radical (unpaired) electrons. The second kappa shape index (κ2) is 6.69. The van der Waals surface area contributed by atoms with Crippen LogP contribution in [0.3, 0.4) is 0 Å². The van der Waals surface area contributed by atoms with E-state index in [4.69, 9.17) is 32.5 Å². The summed E-state index contributed by atoms with van der Waals surface area (Å²) in [5.74, 6) is 0.467. The number of aromatic nitrogens is 2. The summed E-state index contributed by atoms with van der Waals surface area (Å²) in [5, 5.41) is 5.07. The van der Waals surface area contributed by atoms with Crippen LogP contribution in [0, 0.1) is 0 Å². The van der Waals surface area contributed by atoms with Gasteiger partial charge in [-0.05, 0) is 24.6 Å². The van der Waals surface area contributed by atoms with E-state index in [-0.39, 0.29) is 6.10 Å². The molecular weight excluding hydrogens is 325 g/mol. The lowest BCUT2D eigenvalue weighted by Gasteiger charge is -2.12. The number of nitrogens with zero attached hydrogens (tertiary/aromatic N) is 3. The second-order valence-corrected chi connectivity index (χ2v) is 5.91. The van der Waals surface area contributed by atoms with E-state index in [1.807, 2.05) is 4.90 Å². The molecule has 1 saturated heterocycles. The van der Waals surface area contributed by atoms with Crippen LogP contribution in [0.2, 0.25) is 10.0 Å². The van der Waals surface area contributed by atoms with E-state index in [2.05, 4.69) is 16.7 Å². The molecule has 1 aromatic carbocycles. The maximum absolute atomic E-state index is 6.00. The van der Waals surface area contributed by atoms with Gasteiger partial charge in [-0.3, -0.25) is 0 Å². The predicted octanol–water partition coefficient (Wildman–Crippen LogP) is 3.82. The second-order valence-electron chi connectivity index (χ2n) is 5.04. The van der Waals surface area contributed by atoms with E-state index in [1.54, 1.807) is 24.3 Å². The van der Waals surface area contributed by atoms with Crippen LogP contribution in [-0.4, -0.2) is 35.9 Å². The first-order valence-corrected chi connectivity index (χ1v) is 7.69. The number of halogens is 2. The van der Waals surface area contributed by atoms with Crippen molar-refractivity contribution in [2.75, 3.05) is 24.6 Å². The fourth-order valence-corrected chi connectivity index (χ4v) is 2.91. The molecule has 3 rings (SSSR count). The molecular formula is C15H15Cl2N3O2. The van der Waals surface area contributed by atoms with Gasteiger partial charge in [0.25, 0.3) is 0 Å². The minimum absolute atomic E-state index is 0.161. The highest BCUT2D eigenvalue weighted by atomic mass is 35.5. The summed E-state index contributed by atoms with van der Waals surface area (Å²) in [6, 6.07) is 5.65. The molecule has 1 aliphatic heterocycles. The largest absolute Gasteiger partial charge is 0.372 e. The zero-order valence-corrected chi connectivity index (χ0v) is 13.3. The molecule has 22 heavy (non-hydrogen) atoms. The number of anilines is 1. The van der Waals surface area contributed by atoms with Crippen LogP contribution < -0.4 is 4.90 Å². The highest BCUT2D eigenvalue weighted by Crippen LogP contribution is 2.28. The standard InChI is InChI=1S/C15H15Cl2N3O2/c1-2-5-21-13-3-4-20(9-13)15-18-14(19-22-15)10-6-11(16)8-12(17)7-10/h2,6-8,13H,1,3-5,9H2. The predicted molar refractivity (Wildman–Crippen MR) is 86.5 cm³/mol. The van der Waals surface area contributed by atoms with Gasteiger partial charge >= 0.3 is 6.01 Å². The van der Waals surface area contributed by atoms with Crippen LogP contribution in [0.4, 0.5) is 6.01 Å². The zero-order chi connectivity index (χ0) is 15.5. The Morgan fingerprint density at radius 3 is 2.86 bits per heavy atom. The van der Waals surface area contributed by atoms with Crippen molar-refractivity contribution >= 4 is 29.2 Å². The minimum atomic E-state index is 0.161. The first-order valence-electron chi connectivity index (χ1n) is 6.93. The van der Waals surface area contributed by atoms with Gasteiger partial charge in [0, 0.05) is 28.7 Å². The topological polar surface area (TPSA) is 51.4 Å². The molecule has 0 aliphatic carbocycles. The average molecular weight is 340 g/mol. The summed E-state index contributed by atoms with van der Waals surface area (Å²) in [4.78, 5) is 6.42. The minimum Gasteiger partial charge on any atom is -0.372 e. The third kappa shape index (κ3) is 3.43. The van der Waals surface area contributed by atoms with Crippen molar-refractivity contribution in [2.45, 2.75) is 12.5 Å². The maximum Gasteiger partial charge on any atom is 0.324 e. The molecule has 116 valence electrons. The average Bonchev–Trinajstić information content (AvgIpc) is 3.13. The zero-order valence-electron chi connectivity index (χ0n) is 11.8.